The van der Waals surface area contributed by atoms with Gasteiger partial charge in [-0.2, -0.15) is 0 Å². The van der Waals surface area contributed by atoms with Crippen LogP contribution in [-0.2, 0) is 4.79 Å². The molecular weight excluding hydrogens is 240 g/mol. The van der Waals surface area contributed by atoms with Crippen LogP contribution in [0.2, 0.25) is 0 Å². The Morgan fingerprint density at radius 2 is 1.95 bits per heavy atom. The number of carbonyl (C=O) groups excluding carboxylic acids is 1. The van der Waals surface area contributed by atoms with Crippen LogP contribution >= 0.6 is 0 Å². The number of anilines is 1. The molecule has 1 atom stereocenters. The molecule has 1 aromatic carbocycles. The maximum atomic E-state index is 12.5. The average Bonchev–Trinajstić information content (AvgIpc) is 2.51. The van der Waals surface area contributed by atoms with Crippen LogP contribution in [-0.4, -0.2) is 36.8 Å². The number of hydrogen-bond acceptors (Lipinski definition) is 3. The zero-order valence-corrected chi connectivity index (χ0v) is 11.9. The van der Waals surface area contributed by atoms with Crippen LogP contribution in [0.5, 0.6) is 0 Å². The van der Waals surface area contributed by atoms with Crippen LogP contribution in [0.4, 0.5) is 5.69 Å². The van der Waals surface area contributed by atoms with Crippen molar-refractivity contribution in [2.75, 3.05) is 24.6 Å². The topological polar surface area (TPSA) is 52.6 Å². The Kier molecular flexibility index (Phi) is 4.22. The van der Waals surface area contributed by atoms with E-state index >= 15 is 0 Å². The van der Waals surface area contributed by atoms with Crippen molar-refractivity contribution >= 4 is 11.6 Å². The molecular formula is C15H22N2O2. The minimum absolute atomic E-state index is 0.0324. The molecule has 4 nitrogen and oxygen atoms in total. The van der Waals surface area contributed by atoms with Crippen molar-refractivity contribution in [1.82, 2.24) is 5.32 Å². The lowest BCUT2D eigenvalue weighted by Crippen LogP contribution is -2.46. The lowest BCUT2D eigenvalue weighted by molar-refractivity contribution is -0.121. The zero-order valence-electron chi connectivity index (χ0n) is 11.9. The SMILES string of the molecule is Cc1cc(C)c(N2CCCNC(CO)C2=O)c(C)c1. The fraction of sp³-hybridized carbons (Fsp3) is 0.533. The summed E-state index contributed by atoms with van der Waals surface area (Å²) in [5.74, 6) is -0.0324. The van der Waals surface area contributed by atoms with Gasteiger partial charge in [-0.3, -0.25) is 4.79 Å². The van der Waals surface area contributed by atoms with E-state index in [9.17, 15) is 9.90 Å². The maximum Gasteiger partial charge on any atom is 0.246 e. The third kappa shape index (κ3) is 2.80. The summed E-state index contributed by atoms with van der Waals surface area (Å²) in [6.07, 6.45) is 0.898. The molecule has 1 aliphatic heterocycles. The van der Waals surface area contributed by atoms with Gasteiger partial charge in [0, 0.05) is 12.2 Å². The first-order chi connectivity index (χ1) is 9.04. The van der Waals surface area contributed by atoms with Gasteiger partial charge in [-0.05, 0) is 44.9 Å². The molecule has 0 radical (unpaired) electrons. The molecule has 1 saturated heterocycles. The molecule has 4 heteroatoms. The first kappa shape index (κ1) is 14.0. The summed E-state index contributed by atoms with van der Waals surface area (Å²) in [6.45, 7) is 7.44. The van der Waals surface area contributed by atoms with Crippen molar-refractivity contribution in [1.29, 1.82) is 0 Å². The van der Waals surface area contributed by atoms with Crippen LogP contribution in [0.3, 0.4) is 0 Å². The molecule has 1 aromatic rings. The summed E-state index contributed by atoms with van der Waals surface area (Å²) in [4.78, 5) is 14.3. The fourth-order valence-corrected chi connectivity index (χ4v) is 2.86. The standard InChI is InChI=1S/C15H22N2O2/c1-10-7-11(2)14(12(3)8-10)17-6-4-5-16-13(9-18)15(17)19/h7-8,13,16,18H,4-6,9H2,1-3H3. The summed E-state index contributed by atoms with van der Waals surface area (Å²) >= 11 is 0. The van der Waals surface area contributed by atoms with Crippen molar-refractivity contribution < 1.29 is 9.90 Å². The van der Waals surface area contributed by atoms with Gasteiger partial charge in [0.1, 0.15) is 6.04 Å². The summed E-state index contributed by atoms with van der Waals surface area (Å²) in [5, 5.41) is 12.4. The third-order valence-electron chi connectivity index (χ3n) is 3.60. The van der Waals surface area contributed by atoms with Crippen LogP contribution in [0.15, 0.2) is 12.1 Å². The van der Waals surface area contributed by atoms with E-state index in [1.807, 2.05) is 18.7 Å². The zero-order chi connectivity index (χ0) is 14.0. The van der Waals surface area contributed by atoms with Gasteiger partial charge >= 0.3 is 0 Å². The number of hydrogen-bond donors (Lipinski definition) is 2. The number of nitrogens with zero attached hydrogens (tertiary/aromatic N) is 1. The van der Waals surface area contributed by atoms with E-state index in [1.54, 1.807) is 0 Å². The third-order valence-corrected chi connectivity index (χ3v) is 3.60. The first-order valence-electron chi connectivity index (χ1n) is 6.78. The van der Waals surface area contributed by atoms with E-state index in [1.165, 1.54) is 5.56 Å². The number of benzene rings is 1. The van der Waals surface area contributed by atoms with Crippen molar-refractivity contribution in [3.63, 3.8) is 0 Å². The molecule has 0 spiro atoms. The average molecular weight is 262 g/mol. The van der Waals surface area contributed by atoms with E-state index < -0.39 is 6.04 Å². The Hall–Kier alpha value is -1.39. The molecule has 2 N–H and O–H groups in total. The molecule has 1 amide bonds. The Morgan fingerprint density at radius 3 is 2.53 bits per heavy atom. The second-order valence-corrected chi connectivity index (χ2v) is 5.28. The largest absolute Gasteiger partial charge is 0.394 e. The highest BCUT2D eigenvalue weighted by atomic mass is 16.3. The Morgan fingerprint density at radius 1 is 1.32 bits per heavy atom. The molecule has 1 fully saturated rings. The van der Waals surface area contributed by atoms with Gasteiger partial charge in [0.25, 0.3) is 0 Å². The molecule has 1 aliphatic rings. The van der Waals surface area contributed by atoms with E-state index in [0.717, 1.165) is 29.8 Å². The lowest BCUT2D eigenvalue weighted by atomic mass is 10.0. The van der Waals surface area contributed by atoms with Gasteiger partial charge in [0.05, 0.1) is 6.61 Å². The predicted octanol–water partition coefficient (Wildman–Crippen LogP) is 1.30. The number of carbonyl (C=O) groups is 1. The van der Waals surface area contributed by atoms with Crippen molar-refractivity contribution in [2.45, 2.75) is 33.2 Å². The highest BCUT2D eigenvalue weighted by Gasteiger charge is 2.28. The van der Waals surface area contributed by atoms with Gasteiger partial charge in [-0.25, -0.2) is 0 Å². The second-order valence-electron chi connectivity index (χ2n) is 5.28. The molecule has 0 aromatic heterocycles. The van der Waals surface area contributed by atoms with E-state index in [2.05, 4.69) is 24.4 Å². The molecule has 1 unspecified atom stereocenters. The predicted molar refractivity (Wildman–Crippen MR) is 76.5 cm³/mol. The van der Waals surface area contributed by atoms with Gasteiger partial charge in [0.2, 0.25) is 5.91 Å². The van der Waals surface area contributed by atoms with Gasteiger partial charge in [0.15, 0.2) is 0 Å². The fourth-order valence-electron chi connectivity index (χ4n) is 2.86. The molecule has 1 heterocycles. The summed E-state index contributed by atoms with van der Waals surface area (Å²) < 4.78 is 0. The van der Waals surface area contributed by atoms with Gasteiger partial charge < -0.3 is 15.3 Å². The number of rotatable bonds is 2. The highest BCUT2D eigenvalue weighted by molar-refractivity contribution is 5.98. The summed E-state index contributed by atoms with van der Waals surface area (Å²) in [5.41, 5.74) is 4.43. The van der Waals surface area contributed by atoms with Crippen molar-refractivity contribution in [3.8, 4) is 0 Å². The van der Waals surface area contributed by atoms with Gasteiger partial charge in [-0.1, -0.05) is 17.7 Å². The maximum absolute atomic E-state index is 12.5. The Bertz CT molecular complexity index is 462. The Labute approximate surface area is 114 Å². The quantitative estimate of drug-likeness (QED) is 0.844. The minimum Gasteiger partial charge on any atom is -0.394 e. The first-order valence-corrected chi connectivity index (χ1v) is 6.78. The van der Waals surface area contributed by atoms with Crippen molar-refractivity contribution in [2.24, 2.45) is 0 Å². The van der Waals surface area contributed by atoms with Crippen molar-refractivity contribution in [3.05, 3.63) is 28.8 Å². The van der Waals surface area contributed by atoms with Crippen LogP contribution in [0.25, 0.3) is 0 Å². The van der Waals surface area contributed by atoms with Crippen LogP contribution in [0, 0.1) is 20.8 Å². The van der Waals surface area contributed by atoms with E-state index in [0.29, 0.717) is 6.54 Å². The minimum atomic E-state index is -0.484. The summed E-state index contributed by atoms with van der Waals surface area (Å²) in [7, 11) is 0. The molecule has 0 bridgehead atoms. The number of aliphatic hydroxyl groups excluding tert-OH is 1. The molecule has 0 saturated carbocycles. The second kappa shape index (κ2) is 5.72. The van der Waals surface area contributed by atoms with Crippen LogP contribution < -0.4 is 10.2 Å². The molecule has 2 rings (SSSR count). The summed E-state index contributed by atoms with van der Waals surface area (Å²) in [6, 6.07) is 3.71. The number of nitrogens with one attached hydrogen (secondary N) is 1. The number of amides is 1. The lowest BCUT2D eigenvalue weighted by Gasteiger charge is -2.27. The normalized spacial score (nSPS) is 20.5. The van der Waals surface area contributed by atoms with Crippen LogP contribution in [0.1, 0.15) is 23.1 Å². The van der Waals surface area contributed by atoms with E-state index in [4.69, 9.17) is 0 Å². The smallest absolute Gasteiger partial charge is 0.246 e. The number of aryl methyl sites for hydroxylation is 3. The molecule has 104 valence electrons. The molecule has 0 aliphatic carbocycles. The monoisotopic (exact) mass is 262 g/mol. The van der Waals surface area contributed by atoms with E-state index in [-0.39, 0.29) is 12.5 Å². The highest BCUT2D eigenvalue weighted by Crippen LogP contribution is 2.27. The Balaban J connectivity index is 2.41. The number of aliphatic hydroxyl groups is 1. The molecule has 19 heavy (non-hydrogen) atoms. The van der Waals surface area contributed by atoms with Gasteiger partial charge in [-0.15, -0.1) is 0 Å².